The fourth-order valence-electron chi connectivity index (χ4n) is 3.74. The van der Waals surface area contributed by atoms with Crippen molar-refractivity contribution >= 4 is 35.6 Å². The number of rotatable bonds is 6. The predicted octanol–water partition coefficient (Wildman–Crippen LogP) is 5.10. The van der Waals surface area contributed by atoms with Gasteiger partial charge in [-0.15, -0.1) is 17.5 Å². The molecular formula is C19H24Cl3N3O. The highest BCUT2D eigenvalue weighted by Crippen LogP contribution is 2.36. The van der Waals surface area contributed by atoms with Crippen LogP contribution in [0.15, 0.2) is 30.5 Å². The molecule has 1 aromatic carbocycles. The molecule has 2 aromatic rings. The topological polar surface area (TPSA) is 30.3 Å². The van der Waals surface area contributed by atoms with Crippen LogP contribution in [0.5, 0.6) is 5.88 Å². The largest absolute Gasteiger partial charge is 0.476 e. The van der Waals surface area contributed by atoms with Gasteiger partial charge in [-0.05, 0) is 68.8 Å². The Kier molecular flexibility index (Phi) is 6.73. The maximum atomic E-state index is 6.08. The average molecular weight is 417 g/mol. The Labute approximate surface area is 170 Å². The Balaban J connectivity index is 0.00000196. The molecule has 1 saturated carbocycles. The quantitative estimate of drug-likeness (QED) is 0.656. The molecule has 0 radical (unpaired) electrons. The molecule has 142 valence electrons. The summed E-state index contributed by atoms with van der Waals surface area (Å²) >= 11 is 12.0. The van der Waals surface area contributed by atoms with E-state index in [2.05, 4.69) is 10.00 Å². The van der Waals surface area contributed by atoms with Crippen LogP contribution >= 0.6 is 35.6 Å². The van der Waals surface area contributed by atoms with E-state index in [1.165, 1.54) is 45.3 Å². The molecule has 0 unspecified atom stereocenters. The molecule has 4 rings (SSSR count). The number of hydrogen-bond acceptors (Lipinski definition) is 3. The summed E-state index contributed by atoms with van der Waals surface area (Å²) in [6.07, 6.45) is 7.21. The highest BCUT2D eigenvalue weighted by atomic mass is 35.5. The number of hydrogen-bond donors (Lipinski definition) is 0. The van der Waals surface area contributed by atoms with Crippen molar-refractivity contribution in [2.75, 3.05) is 26.2 Å². The van der Waals surface area contributed by atoms with Crippen LogP contribution in [0.2, 0.25) is 10.0 Å². The Hall–Kier alpha value is -0.940. The van der Waals surface area contributed by atoms with Gasteiger partial charge in [0, 0.05) is 18.8 Å². The molecule has 0 spiro atoms. The third-order valence-electron chi connectivity index (χ3n) is 5.44. The number of halogens is 3. The van der Waals surface area contributed by atoms with Crippen molar-refractivity contribution in [3.8, 4) is 11.6 Å². The molecule has 4 nitrogen and oxygen atoms in total. The van der Waals surface area contributed by atoms with Gasteiger partial charge in [0.05, 0.1) is 22.3 Å². The summed E-state index contributed by atoms with van der Waals surface area (Å²) in [5.41, 5.74) is 0.875. The zero-order valence-electron chi connectivity index (χ0n) is 14.6. The van der Waals surface area contributed by atoms with E-state index in [0.29, 0.717) is 21.8 Å². The lowest BCUT2D eigenvalue weighted by Crippen LogP contribution is -2.39. The first kappa shape index (κ1) is 19.8. The first-order valence-electron chi connectivity index (χ1n) is 9.05. The monoisotopic (exact) mass is 415 g/mol. The molecular weight excluding hydrogens is 393 g/mol. The fourth-order valence-corrected chi connectivity index (χ4v) is 4.03. The Bertz CT molecular complexity index is 731. The van der Waals surface area contributed by atoms with Gasteiger partial charge in [0.1, 0.15) is 0 Å². The summed E-state index contributed by atoms with van der Waals surface area (Å²) in [4.78, 5) is 2.61. The Morgan fingerprint density at radius 2 is 1.81 bits per heavy atom. The van der Waals surface area contributed by atoms with Crippen LogP contribution in [-0.2, 0) is 0 Å². The molecule has 0 N–H and O–H groups in total. The highest BCUT2D eigenvalue weighted by molar-refractivity contribution is 6.42. The van der Waals surface area contributed by atoms with E-state index in [-0.39, 0.29) is 12.4 Å². The van der Waals surface area contributed by atoms with Crippen LogP contribution in [0.1, 0.15) is 25.7 Å². The first-order valence-corrected chi connectivity index (χ1v) is 9.81. The van der Waals surface area contributed by atoms with E-state index < -0.39 is 0 Å². The molecule has 7 heteroatoms. The highest BCUT2D eigenvalue weighted by Gasteiger charge is 2.33. The Morgan fingerprint density at radius 1 is 1.04 bits per heavy atom. The maximum Gasteiger partial charge on any atom is 0.233 e. The number of benzene rings is 1. The van der Waals surface area contributed by atoms with E-state index in [1.807, 2.05) is 18.3 Å². The van der Waals surface area contributed by atoms with Crippen LogP contribution in [0.3, 0.4) is 0 Å². The van der Waals surface area contributed by atoms with Crippen molar-refractivity contribution in [3.05, 3.63) is 40.5 Å². The summed E-state index contributed by atoms with van der Waals surface area (Å²) in [6.45, 7) is 4.55. The van der Waals surface area contributed by atoms with Crippen molar-refractivity contribution in [1.82, 2.24) is 14.7 Å². The smallest absolute Gasteiger partial charge is 0.233 e. The van der Waals surface area contributed by atoms with Crippen LogP contribution < -0.4 is 4.74 Å². The van der Waals surface area contributed by atoms with Gasteiger partial charge in [-0.1, -0.05) is 23.2 Å². The molecule has 2 atom stereocenters. The van der Waals surface area contributed by atoms with E-state index in [1.54, 1.807) is 16.8 Å². The maximum absolute atomic E-state index is 6.08. The minimum atomic E-state index is 0. The second-order valence-corrected chi connectivity index (χ2v) is 7.93. The summed E-state index contributed by atoms with van der Waals surface area (Å²) in [5, 5.41) is 5.56. The van der Waals surface area contributed by atoms with Crippen molar-refractivity contribution in [1.29, 1.82) is 0 Å². The van der Waals surface area contributed by atoms with E-state index in [9.17, 15) is 0 Å². The third kappa shape index (κ3) is 4.48. The average Bonchev–Trinajstić information content (AvgIpc) is 3.26. The third-order valence-corrected chi connectivity index (χ3v) is 6.18. The lowest BCUT2D eigenvalue weighted by atomic mass is 9.74. The van der Waals surface area contributed by atoms with Gasteiger partial charge in [0.25, 0.3) is 0 Å². The normalized spacial score (nSPS) is 22.7. The van der Waals surface area contributed by atoms with Crippen molar-refractivity contribution in [2.45, 2.75) is 25.7 Å². The van der Waals surface area contributed by atoms with Crippen LogP contribution in [0, 0.1) is 11.8 Å². The number of ether oxygens (including phenoxy) is 1. The fraction of sp³-hybridized carbons (Fsp3) is 0.526. The number of nitrogens with zero attached hydrogens (tertiary/aromatic N) is 3. The van der Waals surface area contributed by atoms with E-state index >= 15 is 0 Å². The lowest BCUT2D eigenvalue weighted by molar-refractivity contribution is 0.0732. The zero-order chi connectivity index (χ0) is 17.2. The summed E-state index contributed by atoms with van der Waals surface area (Å²) < 4.78 is 7.72. The minimum absolute atomic E-state index is 0. The minimum Gasteiger partial charge on any atom is -0.476 e. The van der Waals surface area contributed by atoms with Crippen LogP contribution in [0.4, 0.5) is 0 Å². The molecule has 2 fully saturated rings. The summed E-state index contributed by atoms with van der Waals surface area (Å²) in [6, 6.07) is 7.37. The zero-order valence-corrected chi connectivity index (χ0v) is 16.9. The molecule has 2 aliphatic rings. The molecule has 1 aliphatic carbocycles. The molecule has 2 heterocycles. The van der Waals surface area contributed by atoms with Crippen molar-refractivity contribution in [2.24, 2.45) is 11.8 Å². The van der Waals surface area contributed by atoms with Gasteiger partial charge in [-0.3, -0.25) is 0 Å². The van der Waals surface area contributed by atoms with Gasteiger partial charge in [-0.25, -0.2) is 4.68 Å². The lowest BCUT2D eigenvalue weighted by Gasteiger charge is -2.38. The van der Waals surface area contributed by atoms with Gasteiger partial charge in [0.15, 0.2) is 0 Å². The van der Waals surface area contributed by atoms with Gasteiger partial charge in [0.2, 0.25) is 5.88 Å². The molecule has 1 aromatic heterocycles. The van der Waals surface area contributed by atoms with Gasteiger partial charge in [-0.2, -0.15) is 0 Å². The SMILES string of the molecule is Cl.Clc1ccc(-n2ccc(OC[C@@H]3CC[C@@H]3CN3CCCC3)n2)cc1Cl. The molecule has 26 heavy (non-hydrogen) atoms. The van der Waals surface area contributed by atoms with Gasteiger partial charge < -0.3 is 9.64 Å². The molecule has 0 bridgehead atoms. The van der Waals surface area contributed by atoms with Crippen molar-refractivity contribution in [3.63, 3.8) is 0 Å². The molecule has 0 amide bonds. The molecule has 1 aliphatic heterocycles. The Morgan fingerprint density at radius 3 is 2.50 bits per heavy atom. The van der Waals surface area contributed by atoms with E-state index in [0.717, 1.165) is 18.2 Å². The first-order chi connectivity index (χ1) is 12.2. The predicted molar refractivity (Wildman–Crippen MR) is 108 cm³/mol. The number of likely N-dealkylation sites (tertiary alicyclic amines) is 1. The number of aromatic nitrogens is 2. The van der Waals surface area contributed by atoms with Crippen LogP contribution in [-0.4, -0.2) is 40.9 Å². The van der Waals surface area contributed by atoms with Crippen LogP contribution in [0.25, 0.3) is 5.69 Å². The second-order valence-electron chi connectivity index (χ2n) is 7.11. The standard InChI is InChI=1S/C19H23Cl2N3O.ClH/c20-17-6-5-16(11-18(17)21)24-10-7-19(22-24)25-13-15-4-3-14(15)12-23-8-1-2-9-23;/h5-7,10-11,14-15H,1-4,8-9,12-13H2;1H/t14-,15+;/m1./s1. The molecule has 1 saturated heterocycles. The summed E-state index contributed by atoms with van der Waals surface area (Å²) in [5.74, 6) is 2.11. The summed E-state index contributed by atoms with van der Waals surface area (Å²) in [7, 11) is 0. The second kappa shape index (κ2) is 8.83. The van der Waals surface area contributed by atoms with Crippen molar-refractivity contribution < 1.29 is 4.74 Å². The van der Waals surface area contributed by atoms with Gasteiger partial charge >= 0.3 is 0 Å². The van der Waals surface area contributed by atoms with E-state index in [4.69, 9.17) is 27.9 Å².